The van der Waals surface area contributed by atoms with Crippen LogP contribution in [-0.2, 0) is 0 Å². The summed E-state index contributed by atoms with van der Waals surface area (Å²) in [7, 11) is 0. The van der Waals surface area contributed by atoms with Gasteiger partial charge in [-0.05, 0) is 44.0 Å². The summed E-state index contributed by atoms with van der Waals surface area (Å²) in [5.74, 6) is 0.579. The van der Waals surface area contributed by atoms with Crippen LogP contribution < -0.4 is 10.6 Å². The zero-order valence-corrected chi connectivity index (χ0v) is 13.1. The van der Waals surface area contributed by atoms with Crippen LogP contribution in [0.3, 0.4) is 0 Å². The summed E-state index contributed by atoms with van der Waals surface area (Å²) in [6, 6.07) is 4.08. The molecule has 0 aromatic carbocycles. The SMILES string of the molecule is Cc1cnc(NC(C)C)cc1-c1c[nH]c(C(=O)NCCO)c1. The molecule has 0 fully saturated rings. The van der Waals surface area contributed by atoms with Gasteiger partial charge in [0.05, 0.1) is 6.61 Å². The molecule has 0 spiro atoms. The van der Waals surface area contributed by atoms with Gasteiger partial charge in [0.25, 0.3) is 5.91 Å². The van der Waals surface area contributed by atoms with Gasteiger partial charge in [-0.15, -0.1) is 0 Å². The zero-order valence-electron chi connectivity index (χ0n) is 13.1. The maximum absolute atomic E-state index is 11.9. The number of carbonyl (C=O) groups is 1. The number of aliphatic hydroxyl groups is 1. The Bertz CT molecular complexity index is 649. The fourth-order valence-electron chi connectivity index (χ4n) is 2.16. The number of aromatic nitrogens is 2. The van der Waals surface area contributed by atoms with Crippen molar-refractivity contribution >= 4 is 11.7 Å². The average molecular weight is 302 g/mol. The van der Waals surface area contributed by atoms with Crippen LogP contribution in [0.15, 0.2) is 24.5 Å². The molecule has 0 aliphatic heterocycles. The van der Waals surface area contributed by atoms with Gasteiger partial charge >= 0.3 is 0 Å². The third-order valence-corrected chi connectivity index (χ3v) is 3.18. The predicted octanol–water partition coefficient (Wildman–Crippen LogP) is 1.93. The molecule has 0 aliphatic rings. The lowest BCUT2D eigenvalue weighted by Crippen LogP contribution is -2.26. The first-order valence-corrected chi connectivity index (χ1v) is 7.32. The van der Waals surface area contributed by atoms with Crippen LogP contribution >= 0.6 is 0 Å². The van der Waals surface area contributed by atoms with Crippen molar-refractivity contribution in [2.75, 3.05) is 18.5 Å². The molecule has 118 valence electrons. The van der Waals surface area contributed by atoms with Gasteiger partial charge in [0, 0.05) is 30.5 Å². The fourth-order valence-corrected chi connectivity index (χ4v) is 2.16. The number of aromatic amines is 1. The summed E-state index contributed by atoms with van der Waals surface area (Å²) in [6.07, 6.45) is 3.62. The minimum atomic E-state index is -0.229. The topological polar surface area (TPSA) is 90.0 Å². The van der Waals surface area contributed by atoms with E-state index in [1.54, 1.807) is 12.3 Å². The number of carbonyl (C=O) groups excluding carboxylic acids is 1. The van der Waals surface area contributed by atoms with E-state index < -0.39 is 0 Å². The first kappa shape index (κ1) is 16.0. The first-order chi connectivity index (χ1) is 10.5. The highest BCUT2D eigenvalue weighted by Crippen LogP contribution is 2.26. The van der Waals surface area contributed by atoms with Crippen molar-refractivity contribution in [3.63, 3.8) is 0 Å². The lowest BCUT2D eigenvalue weighted by Gasteiger charge is -2.11. The van der Waals surface area contributed by atoms with Gasteiger partial charge < -0.3 is 20.7 Å². The summed E-state index contributed by atoms with van der Waals surface area (Å²) in [6.45, 7) is 6.26. The molecular formula is C16H22N4O2. The number of pyridine rings is 1. The average Bonchev–Trinajstić information content (AvgIpc) is 2.96. The van der Waals surface area contributed by atoms with Gasteiger partial charge in [-0.2, -0.15) is 0 Å². The summed E-state index contributed by atoms with van der Waals surface area (Å²) in [5, 5.41) is 14.6. The maximum Gasteiger partial charge on any atom is 0.267 e. The monoisotopic (exact) mass is 302 g/mol. The van der Waals surface area contributed by atoms with Gasteiger partial charge in [0.2, 0.25) is 0 Å². The molecule has 0 unspecified atom stereocenters. The predicted molar refractivity (Wildman–Crippen MR) is 86.9 cm³/mol. The summed E-state index contributed by atoms with van der Waals surface area (Å²) < 4.78 is 0. The van der Waals surface area contributed by atoms with Crippen molar-refractivity contribution in [1.29, 1.82) is 0 Å². The summed E-state index contributed by atoms with van der Waals surface area (Å²) >= 11 is 0. The maximum atomic E-state index is 11.9. The van der Waals surface area contributed by atoms with E-state index in [1.165, 1.54) is 0 Å². The lowest BCUT2D eigenvalue weighted by molar-refractivity contribution is 0.0940. The van der Waals surface area contributed by atoms with Crippen LogP contribution in [0.25, 0.3) is 11.1 Å². The number of H-pyrrole nitrogens is 1. The van der Waals surface area contributed by atoms with Crippen LogP contribution in [0.2, 0.25) is 0 Å². The Morgan fingerprint density at radius 3 is 2.86 bits per heavy atom. The van der Waals surface area contributed by atoms with E-state index in [0.717, 1.165) is 22.5 Å². The number of hydrogen-bond donors (Lipinski definition) is 4. The zero-order chi connectivity index (χ0) is 16.1. The van der Waals surface area contributed by atoms with Gasteiger partial charge in [0.15, 0.2) is 0 Å². The molecule has 22 heavy (non-hydrogen) atoms. The second-order valence-electron chi connectivity index (χ2n) is 5.47. The van der Waals surface area contributed by atoms with Crippen LogP contribution in [0.5, 0.6) is 0 Å². The molecule has 0 radical (unpaired) electrons. The molecule has 1 amide bonds. The number of aliphatic hydroxyl groups excluding tert-OH is 1. The van der Waals surface area contributed by atoms with Crippen molar-refractivity contribution in [2.45, 2.75) is 26.8 Å². The third kappa shape index (κ3) is 3.85. The van der Waals surface area contributed by atoms with E-state index in [0.29, 0.717) is 11.7 Å². The number of nitrogens with zero attached hydrogens (tertiary/aromatic N) is 1. The van der Waals surface area contributed by atoms with Gasteiger partial charge in [0.1, 0.15) is 11.5 Å². The highest BCUT2D eigenvalue weighted by atomic mass is 16.3. The molecule has 2 rings (SSSR count). The summed E-state index contributed by atoms with van der Waals surface area (Å²) in [5.41, 5.74) is 3.46. The molecule has 0 saturated heterocycles. The Hall–Kier alpha value is -2.34. The largest absolute Gasteiger partial charge is 0.395 e. The number of amides is 1. The Morgan fingerprint density at radius 1 is 1.41 bits per heavy atom. The second kappa shape index (κ2) is 7.09. The van der Waals surface area contributed by atoms with E-state index in [4.69, 9.17) is 5.11 Å². The van der Waals surface area contributed by atoms with E-state index >= 15 is 0 Å². The highest BCUT2D eigenvalue weighted by Gasteiger charge is 2.11. The fraction of sp³-hybridized carbons (Fsp3) is 0.375. The van der Waals surface area contributed by atoms with Crippen molar-refractivity contribution in [3.8, 4) is 11.1 Å². The van der Waals surface area contributed by atoms with Crippen LogP contribution in [0.4, 0.5) is 5.82 Å². The number of rotatable bonds is 6. The van der Waals surface area contributed by atoms with E-state index in [9.17, 15) is 4.79 Å². The van der Waals surface area contributed by atoms with E-state index in [-0.39, 0.29) is 19.1 Å². The molecule has 2 aromatic rings. The minimum Gasteiger partial charge on any atom is -0.395 e. The molecule has 2 aromatic heterocycles. The second-order valence-corrected chi connectivity index (χ2v) is 5.47. The van der Waals surface area contributed by atoms with E-state index in [1.807, 2.05) is 19.2 Å². The van der Waals surface area contributed by atoms with Crippen LogP contribution in [0, 0.1) is 6.92 Å². The van der Waals surface area contributed by atoms with Gasteiger partial charge in [-0.25, -0.2) is 4.98 Å². The minimum absolute atomic E-state index is 0.0764. The molecule has 4 N–H and O–H groups in total. The Morgan fingerprint density at radius 2 is 2.18 bits per heavy atom. The standard InChI is InChI=1S/C16H22N4O2/c1-10(2)20-15-7-13(11(3)8-19-15)12-6-14(18-9-12)16(22)17-4-5-21/h6-10,18,21H,4-5H2,1-3H3,(H,17,22)(H,19,20). The van der Waals surface area contributed by atoms with Gasteiger partial charge in [-0.3, -0.25) is 4.79 Å². The quantitative estimate of drug-likeness (QED) is 0.656. The Balaban J connectivity index is 2.24. The molecule has 0 saturated carbocycles. The normalized spacial score (nSPS) is 10.8. The van der Waals surface area contributed by atoms with Crippen LogP contribution in [0.1, 0.15) is 29.9 Å². The molecule has 6 nitrogen and oxygen atoms in total. The lowest BCUT2D eigenvalue weighted by atomic mass is 10.1. The van der Waals surface area contributed by atoms with Gasteiger partial charge in [-0.1, -0.05) is 0 Å². The number of hydrogen-bond acceptors (Lipinski definition) is 4. The molecule has 0 atom stereocenters. The van der Waals surface area contributed by atoms with E-state index in [2.05, 4.69) is 34.4 Å². The van der Waals surface area contributed by atoms with Crippen molar-refractivity contribution in [2.24, 2.45) is 0 Å². The Labute approximate surface area is 130 Å². The molecule has 0 aliphatic carbocycles. The molecule has 2 heterocycles. The number of nitrogens with one attached hydrogen (secondary N) is 3. The molecular weight excluding hydrogens is 280 g/mol. The van der Waals surface area contributed by atoms with Crippen molar-refractivity contribution in [3.05, 3.63) is 35.8 Å². The summed E-state index contributed by atoms with van der Waals surface area (Å²) in [4.78, 5) is 19.2. The van der Waals surface area contributed by atoms with Crippen LogP contribution in [-0.4, -0.2) is 40.2 Å². The third-order valence-electron chi connectivity index (χ3n) is 3.18. The van der Waals surface area contributed by atoms with Crippen molar-refractivity contribution < 1.29 is 9.90 Å². The first-order valence-electron chi connectivity index (χ1n) is 7.32. The highest BCUT2D eigenvalue weighted by molar-refractivity contribution is 5.94. The molecule has 6 heteroatoms. The Kier molecular flexibility index (Phi) is 5.16. The van der Waals surface area contributed by atoms with Crippen molar-refractivity contribution in [1.82, 2.24) is 15.3 Å². The number of aryl methyl sites for hydroxylation is 1. The number of anilines is 1. The molecule has 0 bridgehead atoms. The smallest absolute Gasteiger partial charge is 0.267 e.